The van der Waals surface area contributed by atoms with E-state index in [-0.39, 0.29) is 17.1 Å². The van der Waals surface area contributed by atoms with Gasteiger partial charge in [0.15, 0.2) is 11.5 Å². The fourth-order valence-corrected chi connectivity index (χ4v) is 3.74. The zero-order valence-corrected chi connectivity index (χ0v) is 16.6. The Balaban J connectivity index is 2.29. The van der Waals surface area contributed by atoms with Gasteiger partial charge >= 0.3 is 5.97 Å². The molecule has 0 amide bonds. The molecule has 146 valence electrons. The predicted octanol–water partition coefficient (Wildman–Crippen LogP) is 2.42. The topological polar surface area (TPSA) is 90.9 Å². The van der Waals surface area contributed by atoms with Crippen molar-refractivity contribution in [1.82, 2.24) is 4.72 Å². The lowest BCUT2D eigenvalue weighted by molar-refractivity contribution is -0.142. The first-order valence-electron chi connectivity index (χ1n) is 7.87. The number of sulfonamides is 1. The van der Waals surface area contributed by atoms with Crippen LogP contribution in [0.4, 0.5) is 0 Å². The van der Waals surface area contributed by atoms with Crippen molar-refractivity contribution in [3.63, 3.8) is 0 Å². The van der Waals surface area contributed by atoms with Crippen LogP contribution in [0.1, 0.15) is 5.56 Å². The molecule has 0 bridgehead atoms. The zero-order valence-electron chi connectivity index (χ0n) is 15.1. The van der Waals surface area contributed by atoms with Crippen LogP contribution in [0.3, 0.4) is 0 Å². The fraction of sp³-hybridized carbons (Fsp3) is 0.278. The molecule has 1 unspecified atom stereocenters. The van der Waals surface area contributed by atoms with Crippen LogP contribution >= 0.6 is 11.6 Å². The second kappa shape index (κ2) is 9.07. The van der Waals surface area contributed by atoms with Crippen LogP contribution in [0.25, 0.3) is 0 Å². The number of carbonyl (C=O) groups is 1. The van der Waals surface area contributed by atoms with E-state index in [1.54, 1.807) is 24.3 Å². The SMILES string of the molecule is COC(=O)C(Cc1ccc(Cl)cc1)NS(=O)(=O)c1ccc(OC)c(OC)c1. The van der Waals surface area contributed by atoms with Gasteiger partial charge in [0.05, 0.1) is 26.2 Å². The van der Waals surface area contributed by atoms with E-state index in [9.17, 15) is 13.2 Å². The lowest BCUT2D eigenvalue weighted by Crippen LogP contribution is -2.43. The molecule has 0 aliphatic heterocycles. The average Bonchev–Trinajstić information content (AvgIpc) is 2.67. The van der Waals surface area contributed by atoms with Crippen molar-refractivity contribution in [3.05, 3.63) is 53.1 Å². The molecule has 0 saturated carbocycles. The van der Waals surface area contributed by atoms with Gasteiger partial charge in [0.25, 0.3) is 0 Å². The average molecular weight is 414 g/mol. The molecule has 2 aromatic rings. The van der Waals surface area contributed by atoms with Crippen molar-refractivity contribution in [1.29, 1.82) is 0 Å². The van der Waals surface area contributed by atoms with E-state index in [0.29, 0.717) is 10.8 Å². The van der Waals surface area contributed by atoms with Crippen molar-refractivity contribution >= 4 is 27.6 Å². The smallest absolute Gasteiger partial charge is 0.324 e. The number of hydrogen-bond donors (Lipinski definition) is 1. The molecular weight excluding hydrogens is 394 g/mol. The molecule has 0 fully saturated rings. The summed E-state index contributed by atoms with van der Waals surface area (Å²) in [4.78, 5) is 12.0. The number of ether oxygens (including phenoxy) is 3. The molecule has 0 saturated heterocycles. The minimum Gasteiger partial charge on any atom is -0.493 e. The number of carbonyl (C=O) groups excluding carboxylic acids is 1. The number of esters is 1. The third kappa shape index (κ3) is 5.35. The lowest BCUT2D eigenvalue weighted by atomic mass is 10.1. The molecule has 0 radical (unpaired) electrons. The van der Waals surface area contributed by atoms with Gasteiger partial charge in [-0.05, 0) is 36.2 Å². The first-order chi connectivity index (χ1) is 12.8. The second-order valence-corrected chi connectivity index (χ2v) is 7.69. The first kappa shape index (κ1) is 21.0. The van der Waals surface area contributed by atoms with Crippen molar-refractivity contribution in [2.45, 2.75) is 17.4 Å². The molecule has 1 N–H and O–H groups in total. The van der Waals surface area contributed by atoms with Gasteiger partial charge < -0.3 is 14.2 Å². The largest absolute Gasteiger partial charge is 0.493 e. The summed E-state index contributed by atoms with van der Waals surface area (Å²) in [5.74, 6) is -0.0520. The van der Waals surface area contributed by atoms with Gasteiger partial charge in [-0.15, -0.1) is 0 Å². The molecule has 7 nitrogen and oxygen atoms in total. The molecule has 0 aromatic heterocycles. The highest BCUT2D eigenvalue weighted by atomic mass is 35.5. The third-order valence-electron chi connectivity index (χ3n) is 3.80. The summed E-state index contributed by atoms with van der Waals surface area (Å²) in [6.07, 6.45) is 0.108. The summed E-state index contributed by atoms with van der Waals surface area (Å²) in [5.41, 5.74) is 0.727. The Morgan fingerprint density at radius 2 is 1.67 bits per heavy atom. The molecule has 1 atom stereocenters. The highest BCUT2D eigenvalue weighted by molar-refractivity contribution is 7.89. The van der Waals surface area contributed by atoms with Crippen LogP contribution in [0.15, 0.2) is 47.4 Å². The molecular formula is C18H20ClNO6S. The van der Waals surface area contributed by atoms with Crippen molar-refractivity contribution in [2.24, 2.45) is 0 Å². The first-order valence-corrected chi connectivity index (χ1v) is 9.73. The van der Waals surface area contributed by atoms with E-state index < -0.39 is 22.0 Å². The van der Waals surface area contributed by atoms with Crippen LogP contribution in [0.5, 0.6) is 11.5 Å². The van der Waals surface area contributed by atoms with Crippen LogP contribution < -0.4 is 14.2 Å². The van der Waals surface area contributed by atoms with Gasteiger partial charge in [-0.1, -0.05) is 23.7 Å². The number of nitrogens with one attached hydrogen (secondary N) is 1. The van der Waals surface area contributed by atoms with Crippen LogP contribution in [0, 0.1) is 0 Å². The van der Waals surface area contributed by atoms with E-state index in [2.05, 4.69) is 4.72 Å². The van der Waals surface area contributed by atoms with Gasteiger partial charge in [-0.3, -0.25) is 4.79 Å². The van der Waals surface area contributed by atoms with Gasteiger partial charge in [-0.25, -0.2) is 8.42 Å². The number of benzene rings is 2. The number of hydrogen-bond acceptors (Lipinski definition) is 6. The Bertz CT molecular complexity index is 899. The summed E-state index contributed by atoms with van der Waals surface area (Å²) in [7, 11) is 0.0338. The molecule has 2 rings (SSSR count). The highest BCUT2D eigenvalue weighted by Gasteiger charge is 2.27. The summed E-state index contributed by atoms with van der Waals surface area (Å²) in [5, 5.41) is 0.541. The molecule has 0 heterocycles. The Morgan fingerprint density at radius 1 is 1.04 bits per heavy atom. The Kier molecular flexibility index (Phi) is 7.06. The summed E-state index contributed by atoms with van der Waals surface area (Å²) >= 11 is 5.85. The Hall–Kier alpha value is -2.29. The Labute approximate surface area is 163 Å². The minimum atomic E-state index is -4.01. The molecule has 27 heavy (non-hydrogen) atoms. The predicted molar refractivity (Wildman–Crippen MR) is 101 cm³/mol. The van der Waals surface area contributed by atoms with Crippen LogP contribution in [0.2, 0.25) is 5.02 Å². The second-order valence-electron chi connectivity index (χ2n) is 5.54. The van der Waals surface area contributed by atoms with Crippen LogP contribution in [-0.2, 0) is 26.0 Å². The lowest BCUT2D eigenvalue weighted by Gasteiger charge is -2.17. The normalized spacial score (nSPS) is 12.3. The maximum absolute atomic E-state index is 12.7. The maximum atomic E-state index is 12.7. The standard InChI is InChI=1S/C18H20ClNO6S/c1-24-16-9-8-14(11-17(16)25-2)27(22,23)20-15(18(21)26-3)10-12-4-6-13(19)7-5-12/h4-9,11,15,20H,10H2,1-3H3. The van der Waals surface area contributed by atoms with E-state index in [1.165, 1.54) is 39.5 Å². The van der Waals surface area contributed by atoms with Gasteiger partial charge in [0.1, 0.15) is 6.04 Å². The highest BCUT2D eigenvalue weighted by Crippen LogP contribution is 2.29. The summed E-state index contributed by atoms with van der Waals surface area (Å²) in [6, 6.07) is 9.79. The summed E-state index contributed by atoms with van der Waals surface area (Å²) in [6.45, 7) is 0. The molecule has 9 heteroatoms. The molecule has 0 aliphatic carbocycles. The van der Waals surface area contributed by atoms with Crippen molar-refractivity contribution < 1.29 is 27.4 Å². The Morgan fingerprint density at radius 3 is 2.22 bits per heavy atom. The van der Waals surface area contributed by atoms with Crippen molar-refractivity contribution in [2.75, 3.05) is 21.3 Å². The van der Waals surface area contributed by atoms with Crippen LogP contribution in [-0.4, -0.2) is 41.8 Å². The molecule has 0 aliphatic rings. The number of halogens is 1. The van der Waals surface area contributed by atoms with Gasteiger partial charge in [0, 0.05) is 11.1 Å². The van der Waals surface area contributed by atoms with Gasteiger partial charge in [-0.2, -0.15) is 4.72 Å². The van der Waals surface area contributed by atoms with E-state index in [1.807, 2.05) is 0 Å². The van der Waals surface area contributed by atoms with E-state index in [0.717, 1.165) is 5.56 Å². The zero-order chi connectivity index (χ0) is 20.0. The number of methoxy groups -OCH3 is 3. The molecule has 2 aromatic carbocycles. The quantitative estimate of drug-likeness (QED) is 0.668. The van der Waals surface area contributed by atoms with E-state index in [4.69, 9.17) is 25.8 Å². The maximum Gasteiger partial charge on any atom is 0.324 e. The third-order valence-corrected chi connectivity index (χ3v) is 5.52. The van der Waals surface area contributed by atoms with Gasteiger partial charge in [0.2, 0.25) is 10.0 Å². The fourth-order valence-electron chi connectivity index (χ4n) is 2.41. The minimum absolute atomic E-state index is 0.0647. The summed E-state index contributed by atoms with van der Waals surface area (Å²) < 4.78 is 42.8. The monoisotopic (exact) mass is 413 g/mol. The molecule has 0 spiro atoms. The van der Waals surface area contributed by atoms with Crippen molar-refractivity contribution in [3.8, 4) is 11.5 Å². The number of rotatable bonds is 8. The van der Waals surface area contributed by atoms with E-state index >= 15 is 0 Å².